The number of aromatic nitrogens is 1. The maximum atomic E-state index is 12.4. The van der Waals surface area contributed by atoms with Gasteiger partial charge >= 0.3 is 12.6 Å². The molecule has 0 unspecified atom stereocenters. The van der Waals surface area contributed by atoms with Crippen LogP contribution in [0.3, 0.4) is 0 Å². The van der Waals surface area contributed by atoms with Gasteiger partial charge in [0.1, 0.15) is 17.0 Å². The number of carbonyl (C=O) groups is 1. The number of hydrogen-bond acceptors (Lipinski definition) is 6. The van der Waals surface area contributed by atoms with Gasteiger partial charge in [0.2, 0.25) is 0 Å². The minimum Gasteiger partial charge on any atom is -0.461 e. The fraction of sp³-hybridized carbons (Fsp3) is 0.167. The van der Waals surface area contributed by atoms with Crippen LogP contribution in [0.4, 0.5) is 25.8 Å². The second-order valence-corrected chi connectivity index (χ2v) is 5.61. The molecule has 3 aromatic rings. The number of esters is 1. The zero-order chi connectivity index (χ0) is 20.3. The van der Waals surface area contributed by atoms with Crippen LogP contribution in [-0.4, -0.2) is 29.1 Å². The van der Waals surface area contributed by atoms with Gasteiger partial charge in [-0.3, -0.25) is 10.1 Å². The van der Waals surface area contributed by atoms with Crippen LogP contribution in [0.25, 0.3) is 10.9 Å². The molecule has 0 atom stereocenters. The number of ether oxygens (including phenoxy) is 2. The topological polar surface area (TPSA) is 106 Å². The van der Waals surface area contributed by atoms with E-state index in [4.69, 9.17) is 4.74 Å². The Bertz CT molecular complexity index is 1040. The highest BCUT2D eigenvalue weighted by Gasteiger charge is 2.20. The van der Waals surface area contributed by atoms with Crippen LogP contribution in [0.2, 0.25) is 0 Å². The van der Waals surface area contributed by atoms with Crippen molar-refractivity contribution in [3.8, 4) is 5.75 Å². The molecule has 0 fully saturated rings. The molecule has 10 heteroatoms. The molecule has 0 spiro atoms. The number of non-ortho nitro benzene ring substituents is 1. The van der Waals surface area contributed by atoms with Crippen LogP contribution in [0, 0.1) is 10.1 Å². The summed E-state index contributed by atoms with van der Waals surface area (Å²) in [6, 6.07) is 10.0. The largest absolute Gasteiger partial charge is 0.461 e. The lowest BCUT2D eigenvalue weighted by molar-refractivity contribution is -0.383. The van der Waals surface area contributed by atoms with Crippen molar-refractivity contribution >= 4 is 33.9 Å². The molecule has 8 nitrogen and oxygen atoms in total. The third-order valence-corrected chi connectivity index (χ3v) is 3.80. The Morgan fingerprint density at radius 2 is 2.07 bits per heavy atom. The maximum absolute atomic E-state index is 12.4. The molecule has 0 radical (unpaired) electrons. The Hall–Kier alpha value is -3.69. The lowest BCUT2D eigenvalue weighted by Crippen LogP contribution is -2.04. The Labute approximate surface area is 157 Å². The van der Waals surface area contributed by atoms with Crippen molar-refractivity contribution < 1.29 is 28.0 Å². The van der Waals surface area contributed by atoms with E-state index in [1.807, 2.05) is 0 Å². The first-order valence-corrected chi connectivity index (χ1v) is 8.18. The van der Waals surface area contributed by atoms with Crippen LogP contribution in [0.15, 0.2) is 42.5 Å². The number of aromatic amines is 1. The average Bonchev–Trinajstić information content (AvgIpc) is 3.07. The second-order valence-electron chi connectivity index (χ2n) is 5.61. The van der Waals surface area contributed by atoms with E-state index in [9.17, 15) is 23.7 Å². The van der Waals surface area contributed by atoms with Crippen LogP contribution in [-0.2, 0) is 4.74 Å². The van der Waals surface area contributed by atoms with E-state index in [-0.39, 0.29) is 29.3 Å². The summed E-state index contributed by atoms with van der Waals surface area (Å²) in [5, 5.41) is 14.7. The van der Waals surface area contributed by atoms with Crippen LogP contribution < -0.4 is 10.1 Å². The predicted molar refractivity (Wildman–Crippen MR) is 97.3 cm³/mol. The minimum absolute atomic E-state index is 0.0422. The van der Waals surface area contributed by atoms with Crippen LogP contribution in [0.1, 0.15) is 17.4 Å². The summed E-state index contributed by atoms with van der Waals surface area (Å²) in [5.74, 6) is -0.689. The first-order chi connectivity index (χ1) is 13.4. The van der Waals surface area contributed by atoms with E-state index in [1.165, 1.54) is 36.4 Å². The number of anilines is 2. The zero-order valence-corrected chi connectivity index (χ0v) is 14.6. The van der Waals surface area contributed by atoms with Gasteiger partial charge < -0.3 is 19.8 Å². The maximum Gasteiger partial charge on any atom is 0.387 e. The summed E-state index contributed by atoms with van der Waals surface area (Å²) >= 11 is 0. The number of fused-ring (bicyclic) bond motifs is 1. The highest BCUT2D eigenvalue weighted by atomic mass is 19.3. The smallest absolute Gasteiger partial charge is 0.387 e. The molecular weight excluding hydrogens is 376 g/mol. The van der Waals surface area contributed by atoms with Crippen LogP contribution >= 0.6 is 0 Å². The number of nitrogens with zero attached hydrogens (tertiary/aromatic N) is 1. The van der Waals surface area contributed by atoms with Gasteiger partial charge in [-0.2, -0.15) is 8.78 Å². The van der Waals surface area contributed by atoms with Gasteiger partial charge in [0.05, 0.1) is 11.5 Å². The molecule has 0 saturated heterocycles. The Balaban J connectivity index is 2.02. The van der Waals surface area contributed by atoms with Gasteiger partial charge in [0.15, 0.2) is 0 Å². The lowest BCUT2D eigenvalue weighted by Gasteiger charge is -2.10. The van der Waals surface area contributed by atoms with Crippen molar-refractivity contribution in [3.05, 3.63) is 58.3 Å². The molecule has 1 heterocycles. The van der Waals surface area contributed by atoms with Crippen molar-refractivity contribution in [3.63, 3.8) is 0 Å². The third-order valence-electron chi connectivity index (χ3n) is 3.80. The first-order valence-electron chi connectivity index (χ1n) is 8.18. The van der Waals surface area contributed by atoms with E-state index < -0.39 is 17.5 Å². The fourth-order valence-electron chi connectivity index (χ4n) is 2.69. The Kier molecular flexibility index (Phi) is 5.39. The standard InChI is InChI=1S/C18H15F2N3O5/c1-2-27-17(24)14-9-12-13(6-7-15(23(25)26)16(12)22-14)21-10-4-3-5-11(8-10)28-18(19)20/h3-9,18,21-22H,2H2,1H3. The average molecular weight is 391 g/mol. The van der Waals surface area contributed by atoms with Gasteiger partial charge in [-0.25, -0.2) is 4.79 Å². The SMILES string of the molecule is CCOC(=O)c1cc2c(Nc3cccc(OC(F)F)c3)ccc([N+](=O)[O-])c2[nH]1. The quantitative estimate of drug-likeness (QED) is 0.346. The number of nitro groups is 1. The summed E-state index contributed by atoms with van der Waals surface area (Å²) < 4.78 is 34.1. The van der Waals surface area contributed by atoms with Gasteiger partial charge in [0.25, 0.3) is 5.69 Å². The summed E-state index contributed by atoms with van der Waals surface area (Å²) in [7, 11) is 0. The molecule has 146 valence electrons. The highest BCUT2D eigenvalue weighted by Crippen LogP contribution is 2.34. The van der Waals surface area contributed by atoms with E-state index in [0.717, 1.165) is 0 Å². The number of alkyl halides is 2. The van der Waals surface area contributed by atoms with E-state index in [1.54, 1.807) is 13.0 Å². The molecule has 2 N–H and O–H groups in total. The normalized spacial score (nSPS) is 10.9. The highest BCUT2D eigenvalue weighted by molar-refractivity contribution is 6.04. The molecule has 0 bridgehead atoms. The molecule has 0 aliphatic carbocycles. The second kappa shape index (κ2) is 7.91. The Morgan fingerprint density at radius 1 is 1.29 bits per heavy atom. The monoisotopic (exact) mass is 391 g/mol. The molecule has 3 rings (SSSR count). The van der Waals surface area contributed by atoms with Crippen molar-refractivity contribution in [1.29, 1.82) is 0 Å². The summed E-state index contributed by atoms with van der Waals surface area (Å²) in [4.78, 5) is 25.4. The Morgan fingerprint density at radius 3 is 2.75 bits per heavy atom. The first kappa shape index (κ1) is 19.1. The van der Waals surface area contributed by atoms with Gasteiger partial charge in [-0.1, -0.05) is 6.07 Å². The molecule has 0 aliphatic heterocycles. The number of halogens is 2. The number of rotatable bonds is 7. The molecule has 1 aromatic heterocycles. The van der Waals surface area contributed by atoms with Crippen molar-refractivity contribution in [2.24, 2.45) is 0 Å². The summed E-state index contributed by atoms with van der Waals surface area (Å²) in [6.07, 6.45) is 0. The number of H-pyrrole nitrogens is 1. The van der Waals surface area contributed by atoms with E-state index in [2.05, 4.69) is 15.0 Å². The van der Waals surface area contributed by atoms with Crippen LogP contribution in [0.5, 0.6) is 5.75 Å². The number of nitrogens with one attached hydrogen (secondary N) is 2. The van der Waals surface area contributed by atoms with Gasteiger partial charge in [-0.05, 0) is 31.2 Å². The molecule has 0 aliphatic rings. The molecule has 0 saturated carbocycles. The molecular formula is C18H15F2N3O5. The fourth-order valence-corrected chi connectivity index (χ4v) is 2.69. The van der Waals surface area contributed by atoms with Crippen molar-refractivity contribution in [1.82, 2.24) is 4.98 Å². The van der Waals surface area contributed by atoms with Crippen molar-refractivity contribution in [2.75, 3.05) is 11.9 Å². The summed E-state index contributed by atoms with van der Waals surface area (Å²) in [6.45, 7) is -1.17. The molecule has 2 aromatic carbocycles. The van der Waals surface area contributed by atoms with Gasteiger partial charge in [-0.15, -0.1) is 0 Å². The minimum atomic E-state index is -2.96. The molecule has 0 amide bonds. The van der Waals surface area contributed by atoms with E-state index >= 15 is 0 Å². The molecule has 28 heavy (non-hydrogen) atoms. The third kappa shape index (κ3) is 4.00. The zero-order valence-electron chi connectivity index (χ0n) is 14.6. The number of benzene rings is 2. The predicted octanol–water partition coefficient (Wildman–Crippen LogP) is 4.60. The summed E-state index contributed by atoms with van der Waals surface area (Å²) in [5.41, 5.74) is 0.835. The van der Waals surface area contributed by atoms with Crippen molar-refractivity contribution in [2.45, 2.75) is 13.5 Å². The van der Waals surface area contributed by atoms with Gasteiger partial charge in [0, 0.05) is 28.9 Å². The lowest BCUT2D eigenvalue weighted by atomic mass is 10.1. The number of hydrogen-bond donors (Lipinski definition) is 2. The van der Waals surface area contributed by atoms with E-state index in [0.29, 0.717) is 16.8 Å². The number of nitro benzene ring substituents is 1. The number of carbonyl (C=O) groups excluding carboxylic acids is 1.